The minimum atomic E-state index is -0.726. The Morgan fingerprint density at radius 2 is 2.08 bits per heavy atom. The maximum Gasteiger partial charge on any atom is 0.274 e. The number of aliphatic hydroxyl groups excluding tert-OH is 1. The summed E-state index contributed by atoms with van der Waals surface area (Å²) in [6, 6.07) is 9.52. The molecule has 0 aliphatic carbocycles. The summed E-state index contributed by atoms with van der Waals surface area (Å²) in [5.41, 5.74) is 1.79. The number of amides is 1. The quantitative estimate of drug-likeness (QED) is 0.760. The van der Waals surface area contributed by atoms with E-state index in [-0.39, 0.29) is 18.2 Å². The Morgan fingerprint density at radius 1 is 1.29 bits per heavy atom. The third-order valence-corrected chi connectivity index (χ3v) is 3.81. The highest BCUT2D eigenvalue weighted by atomic mass is 16.3. The minimum absolute atomic E-state index is 0.166. The van der Waals surface area contributed by atoms with Crippen LogP contribution < -0.4 is 5.32 Å². The Bertz CT molecular complexity index is 896. The van der Waals surface area contributed by atoms with Gasteiger partial charge in [-0.2, -0.15) is 0 Å². The highest BCUT2D eigenvalue weighted by molar-refractivity contribution is 5.94. The second-order valence-electron chi connectivity index (χ2n) is 6.28. The molecular formula is C17H19N5O2. The molecule has 0 aliphatic heterocycles. The summed E-state index contributed by atoms with van der Waals surface area (Å²) in [5.74, 6) is -0.365. The van der Waals surface area contributed by atoms with Gasteiger partial charge in [0, 0.05) is 11.6 Å². The van der Waals surface area contributed by atoms with Crippen LogP contribution in [0.15, 0.2) is 36.5 Å². The van der Waals surface area contributed by atoms with Crippen LogP contribution in [-0.4, -0.2) is 43.1 Å². The van der Waals surface area contributed by atoms with E-state index >= 15 is 0 Å². The summed E-state index contributed by atoms with van der Waals surface area (Å²) in [7, 11) is 0. The number of pyridine rings is 1. The van der Waals surface area contributed by atoms with Crippen LogP contribution in [0.4, 0.5) is 0 Å². The van der Waals surface area contributed by atoms with Gasteiger partial charge in [0.05, 0.1) is 29.0 Å². The van der Waals surface area contributed by atoms with E-state index in [0.717, 1.165) is 16.6 Å². The topological polar surface area (TPSA) is 92.9 Å². The highest BCUT2D eigenvalue weighted by Crippen LogP contribution is 2.22. The number of nitrogens with zero attached hydrogens (tertiary/aromatic N) is 4. The first-order chi connectivity index (χ1) is 11.4. The number of aliphatic hydroxyl groups is 1. The molecule has 3 rings (SSSR count). The predicted octanol–water partition coefficient (Wildman–Crippen LogP) is 1.62. The zero-order valence-electron chi connectivity index (χ0n) is 13.8. The van der Waals surface area contributed by atoms with Crippen molar-refractivity contribution in [3.05, 3.63) is 47.9 Å². The molecule has 0 saturated carbocycles. The fourth-order valence-corrected chi connectivity index (χ4v) is 2.45. The molecule has 0 aliphatic rings. The number of carbonyl (C=O) groups is 1. The molecule has 2 aromatic heterocycles. The van der Waals surface area contributed by atoms with Crippen molar-refractivity contribution < 1.29 is 9.90 Å². The molecule has 24 heavy (non-hydrogen) atoms. The molecule has 7 heteroatoms. The van der Waals surface area contributed by atoms with E-state index in [0.29, 0.717) is 5.69 Å². The Balaban J connectivity index is 2.02. The monoisotopic (exact) mass is 325 g/mol. The summed E-state index contributed by atoms with van der Waals surface area (Å²) in [6.45, 7) is 5.10. The lowest BCUT2D eigenvalue weighted by molar-refractivity contribution is 0.0863. The molecule has 3 aromatic rings. The molecule has 2 heterocycles. The molecule has 1 aromatic carbocycles. The molecule has 1 amide bonds. The zero-order chi connectivity index (χ0) is 17.3. The summed E-state index contributed by atoms with van der Waals surface area (Å²) in [5, 5.41) is 21.1. The standard InChI is InChI=1S/C17H19N5O2/c1-11-15(16(24)19-17(2,3)10-23)20-21-22(11)14-8-4-7-13-12(14)6-5-9-18-13/h4-9,23H,10H2,1-3H3,(H,19,24). The fraction of sp³-hybridized carbons (Fsp3) is 0.294. The molecule has 0 atom stereocenters. The lowest BCUT2D eigenvalue weighted by atomic mass is 10.1. The molecule has 0 fully saturated rings. The summed E-state index contributed by atoms with van der Waals surface area (Å²) >= 11 is 0. The molecule has 124 valence electrons. The van der Waals surface area contributed by atoms with E-state index in [9.17, 15) is 9.90 Å². The van der Waals surface area contributed by atoms with Crippen LogP contribution in [0, 0.1) is 6.92 Å². The summed E-state index contributed by atoms with van der Waals surface area (Å²) in [6.07, 6.45) is 1.73. The lowest BCUT2D eigenvalue weighted by Crippen LogP contribution is -2.46. The molecule has 0 radical (unpaired) electrons. The van der Waals surface area contributed by atoms with Gasteiger partial charge in [-0.1, -0.05) is 11.3 Å². The van der Waals surface area contributed by atoms with E-state index in [1.807, 2.05) is 30.3 Å². The average molecular weight is 325 g/mol. The van der Waals surface area contributed by atoms with Crippen molar-refractivity contribution in [3.63, 3.8) is 0 Å². The third kappa shape index (κ3) is 2.85. The molecular weight excluding hydrogens is 306 g/mol. The maximum absolute atomic E-state index is 12.4. The number of hydrogen-bond acceptors (Lipinski definition) is 5. The number of rotatable bonds is 4. The molecule has 2 N–H and O–H groups in total. The number of carbonyl (C=O) groups excluding carboxylic acids is 1. The van der Waals surface area contributed by atoms with E-state index < -0.39 is 5.54 Å². The van der Waals surface area contributed by atoms with Crippen LogP contribution in [0.1, 0.15) is 30.0 Å². The van der Waals surface area contributed by atoms with Crippen molar-refractivity contribution in [2.45, 2.75) is 26.3 Å². The van der Waals surface area contributed by atoms with Gasteiger partial charge in [0.15, 0.2) is 5.69 Å². The molecule has 0 unspecified atom stereocenters. The fourth-order valence-electron chi connectivity index (χ4n) is 2.45. The number of hydrogen-bond donors (Lipinski definition) is 2. The van der Waals surface area contributed by atoms with Crippen molar-refractivity contribution in [2.75, 3.05) is 6.61 Å². The van der Waals surface area contributed by atoms with Crippen LogP contribution in [0.3, 0.4) is 0 Å². The first-order valence-corrected chi connectivity index (χ1v) is 7.63. The highest BCUT2D eigenvalue weighted by Gasteiger charge is 2.24. The normalized spacial score (nSPS) is 11.7. The number of benzene rings is 1. The average Bonchev–Trinajstić information content (AvgIpc) is 2.95. The smallest absolute Gasteiger partial charge is 0.274 e. The molecule has 0 spiro atoms. The number of nitrogens with one attached hydrogen (secondary N) is 1. The second kappa shape index (κ2) is 6.01. The Hall–Kier alpha value is -2.80. The van der Waals surface area contributed by atoms with Gasteiger partial charge in [0.25, 0.3) is 5.91 Å². The Morgan fingerprint density at radius 3 is 2.83 bits per heavy atom. The van der Waals surface area contributed by atoms with Gasteiger partial charge in [-0.3, -0.25) is 9.78 Å². The van der Waals surface area contributed by atoms with Crippen LogP contribution in [-0.2, 0) is 0 Å². The van der Waals surface area contributed by atoms with E-state index in [1.165, 1.54) is 0 Å². The van der Waals surface area contributed by atoms with E-state index in [4.69, 9.17) is 0 Å². The van der Waals surface area contributed by atoms with Gasteiger partial charge in [-0.05, 0) is 45.0 Å². The van der Waals surface area contributed by atoms with Crippen LogP contribution >= 0.6 is 0 Å². The van der Waals surface area contributed by atoms with Crippen molar-refractivity contribution in [1.82, 2.24) is 25.3 Å². The predicted molar refractivity (Wildman–Crippen MR) is 90.0 cm³/mol. The molecule has 0 bridgehead atoms. The van der Waals surface area contributed by atoms with Crippen molar-refractivity contribution >= 4 is 16.8 Å². The van der Waals surface area contributed by atoms with Crippen molar-refractivity contribution in [3.8, 4) is 5.69 Å². The van der Waals surface area contributed by atoms with Crippen LogP contribution in [0.2, 0.25) is 0 Å². The van der Waals surface area contributed by atoms with Crippen molar-refractivity contribution in [1.29, 1.82) is 0 Å². The maximum atomic E-state index is 12.4. The summed E-state index contributed by atoms with van der Waals surface area (Å²) in [4.78, 5) is 16.7. The molecule has 7 nitrogen and oxygen atoms in total. The second-order valence-corrected chi connectivity index (χ2v) is 6.28. The largest absolute Gasteiger partial charge is 0.394 e. The first kappa shape index (κ1) is 16.1. The zero-order valence-corrected chi connectivity index (χ0v) is 13.8. The van der Waals surface area contributed by atoms with E-state index in [1.54, 1.807) is 31.6 Å². The number of fused-ring (bicyclic) bond motifs is 1. The Kier molecular flexibility index (Phi) is 4.02. The van der Waals surface area contributed by atoms with Gasteiger partial charge >= 0.3 is 0 Å². The SMILES string of the molecule is Cc1c(C(=O)NC(C)(C)CO)nnn1-c1cccc2ncccc12. The van der Waals surface area contributed by atoms with Crippen LogP contribution in [0.5, 0.6) is 0 Å². The first-order valence-electron chi connectivity index (χ1n) is 7.63. The third-order valence-electron chi connectivity index (χ3n) is 3.81. The van der Waals surface area contributed by atoms with Gasteiger partial charge < -0.3 is 10.4 Å². The molecule has 0 saturated heterocycles. The lowest BCUT2D eigenvalue weighted by Gasteiger charge is -2.22. The van der Waals surface area contributed by atoms with E-state index in [2.05, 4.69) is 20.6 Å². The van der Waals surface area contributed by atoms with Gasteiger partial charge in [-0.25, -0.2) is 4.68 Å². The van der Waals surface area contributed by atoms with Gasteiger partial charge in [0.1, 0.15) is 0 Å². The van der Waals surface area contributed by atoms with Gasteiger partial charge in [-0.15, -0.1) is 5.10 Å². The Labute approximate surface area is 139 Å². The summed E-state index contributed by atoms with van der Waals surface area (Å²) < 4.78 is 1.63. The van der Waals surface area contributed by atoms with Crippen LogP contribution in [0.25, 0.3) is 16.6 Å². The minimum Gasteiger partial charge on any atom is -0.394 e. The van der Waals surface area contributed by atoms with Crippen molar-refractivity contribution in [2.24, 2.45) is 0 Å². The number of aromatic nitrogens is 4. The van der Waals surface area contributed by atoms with Gasteiger partial charge in [0.2, 0.25) is 0 Å².